The molecule has 0 aliphatic rings. The molecule has 52 valence electrons. The highest BCUT2D eigenvalue weighted by Gasteiger charge is 2.02. The Balaban J connectivity index is 3.79. The van der Waals surface area contributed by atoms with Gasteiger partial charge in [0.15, 0.2) is 5.02 Å². The van der Waals surface area contributed by atoms with Crippen LogP contribution in [0.15, 0.2) is 5.11 Å². The molecule has 1 amide bonds. The summed E-state index contributed by atoms with van der Waals surface area (Å²) in [6.45, 7) is 0. The maximum atomic E-state index is 10.1. The van der Waals surface area contributed by atoms with E-state index < -0.39 is 6.09 Å². The number of methoxy groups -OCH3 is 1. The van der Waals surface area contributed by atoms with Crippen LogP contribution >= 0.6 is 0 Å². The fourth-order valence-electron chi connectivity index (χ4n) is 0.148. The van der Waals surface area contributed by atoms with Crippen LogP contribution in [0.2, 0.25) is 0 Å². The molecule has 0 saturated heterocycles. The molecule has 0 unspecified atom stereocenters. The van der Waals surface area contributed by atoms with Crippen molar-refractivity contribution < 1.29 is 19.4 Å². The molecule has 0 fully saturated rings. The van der Waals surface area contributed by atoms with Crippen molar-refractivity contribution in [3.63, 3.8) is 0 Å². The molecule has 0 aromatic rings. The number of hydrogen-bond donors (Lipinski definition) is 0. The van der Waals surface area contributed by atoms with Crippen molar-refractivity contribution in [2.75, 3.05) is 14.2 Å². The highest BCUT2D eigenvalue weighted by atomic mass is 16.9. The zero-order valence-corrected chi connectivity index (χ0v) is 5.03. The molecule has 0 bridgehead atoms. The highest BCUT2D eigenvalue weighted by molar-refractivity contribution is 5.66. The average molecular weight is 134 g/mol. The van der Waals surface area contributed by atoms with E-state index in [0.29, 0.717) is 0 Å². The van der Waals surface area contributed by atoms with Crippen LogP contribution in [0.1, 0.15) is 0 Å². The predicted molar refractivity (Wildman–Crippen MR) is 25.5 cm³/mol. The van der Waals surface area contributed by atoms with E-state index in [4.69, 9.17) is 0 Å². The topological polar surface area (TPSA) is 74.0 Å². The van der Waals surface area contributed by atoms with Gasteiger partial charge < -0.3 is 9.57 Å². The van der Waals surface area contributed by atoms with E-state index in [9.17, 15) is 10.0 Å². The van der Waals surface area contributed by atoms with Gasteiger partial charge in [0.05, 0.1) is 7.11 Å². The maximum Gasteiger partial charge on any atom is 0.496 e. The molecule has 0 aliphatic carbocycles. The number of carbonyl (C=O) groups excluding carboxylic acids is 1. The van der Waals surface area contributed by atoms with Gasteiger partial charge in [-0.25, -0.2) is 10.0 Å². The zero-order valence-electron chi connectivity index (χ0n) is 5.03. The SMILES string of the molecule is COC(=O)/N=[N+](\[O-])OC. The lowest BCUT2D eigenvalue weighted by Crippen LogP contribution is -2.03. The molecule has 0 spiro atoms. The van der Waals surface area contributed by atoms with Gasteiger partial charge in [0.2, 0.25) is 0 Å². The van der Waals surface area contributed by atoms with Gasteiger partial charge in [-0.15, -0.1) is 0 Å². The summed E-state index contributed by atoms with van der Waals surface area (Å²) < 4.78 is 4.00. The van der Waals surface area contributed by atoms with Crippen LogP contribution < -0.4 is 0 Å². The molecular weight excluding hydrogens is 128 g/mol. The number of amides is 1. The molecule has 0 aromatic heterocycles. The first-order valence-corrected chi connectivity index (χ1v) is 2.01. The third kappa shape index (κ3) is 3.27. The Labute approximate surface area is 51.2 Å². The van der Waals surface area contributed by atoms with Crippen molar-refractivity contribution in [2.45, 2.75) is 0 Å². The predicted octanol–water partition coefficient (Wildman–Crippen LogP) is 0.277. The summed E-state index contributed by atoms with van der Waals surface area (Å²) in [6.07, 6.45) is -0.994. The van der Waals surface area contributed by atoms with Crippen molar-refractivity contribution >= 4 is 6.09 Å². The van der Waals surface area contributed by atoms with Gasteiger partial charge in [0.25, 0.3) is 0 Å². The van der Waals surface area contributed by atoms with Gasteiger partial charge in [-0.2, -0.15) is 0 Å². The molecule has 0 aliphatic heterocycles. The van der Waals surface area contributed by atoms with Crippen LogP contribution in [0.25, 0.3) is 0 Å². The van der Waals surface area contributed by atoms with Crippen molar-refractivity contribution in [1.29, 1.82) is 0 Å². The number of ether oxygens (including phenoxy) is 1. The van der Waals surface area contributed by atoms with Gasteiger partial charge >= 0.3 is 6.09 Å². The fraction of sp³-hybridized carbons (Fsp3) is 0.667. The third-order valence-corrected chi connectivity index (χ3v) is 0.494. The normalized spacial score (nSPS) is 10.7. The van der Waals surface area contributed by atoms with Gasteiger partial charge in [-0.1, -0.05) is 0 Å². The molecule has 0 saturated carbocycles. The Morgan fingerprint density at radius 3 is 2.56 bits per heavy atom. The van der Waals surface area contributed by atoms with Crippen molar-refractivity contribution in [3.05, 3.63) is 5.21 Å². The van der Waals surface area contributed by atoms with E-state index in [0.717, 1.165) is 14.2 Å². The summed E-state index contributed by atoms with van der Waals surface area (Å²) in [5.74, 6) is 0. The number of carbonyl (C=O) groups is 1. The van der Waals surface area contributed by atoms with Crippen molar-refractivity contribution in [2.24, 2.45) is 5.11 Å². The van der Waals surface area contributed by atoms with Crippen molar-refractivity contribution in [3.8, 4) is 0 Å². The maximum absolute atomic E-state index is 10.1. The molecule has 0 radical (unpaired) electrons. The largest absolute Gasteiger partial charge is 0.496 e. The van der Waals surface area contributed by atoms with E-state index >= 15 is 0 Å². The molecule has 0 heterocycles. The molecule has 0 atom stereocenters. The van der Waals surface area contributed by atoms with Crippen LogP contribution in [0.3, 0.4) is 0 Å². The third-order valence-electron chi connectivity index (χ3n) is 0.494. The van der Waals surface area contributed by atoms with E-state index in [1.807, 2.05) is 0 Å². The van der Waals surface area contributed by atoms with E-state index in [1.165, 1.54) is 0 Å². The summed E-state index contributed by atoms with van der Waals surface area (Å²) in [7, 11) is 2.19. The zero-order chi connectivity index (χ0) is 7.28. The summed E-state index contributed by atoms with van der Waals surface area (Å²) >= 11 is 0. The van der Waals surface area contributed by atoms with Crippen LogP contribution in [-0.2, 0) is 9.57 Å². The lowest BCUT2D eigenvalue weighted by atomic mass is 11.2. The van der Waals surface area contributed by atoms with Crippen LogP contribution in [0.5, 0.6) is 0 Å². The molecule has 0 N–H and O–H groups in total. The summed E-state index contributed by atoms with van der Waals surface area (Å²) in [4.78, 5) is 14.0. The van der Waals surface area contributed by atoms with E-state index in [2.05, 4.69) is 14.7 Å². The second kappa shape index (κ2) is 3.65. The minimum Gasteiger partial charge on any atom is -0.447 e. The highest BCUT2D eigenvalue weighted by Crippen LogP contribution is 1.81. The first kappa shape index (κ1) is 7.67. The molecule has 0 rings (SSSR count). The van der Waals surface area contributed by atoms with Crippen LogP contribution in [0.4, 0.5) is 4.79 Å². The first-order chi connectivity index (χ1) is 4.20. The quantitative estimate of drug-likeness (QED) is 0.381. The van der Waals surface area contributed by atoms with E-state index in [1.54, 1.807) is 0 Å². The Kier molecular flexibility index (Phi) is 3.11. The second-order valence-electron chi connectivity index (χ2n) is 0.990. The Hall–Kier alpha value is -1.33. The van der Waals surface area contributed by atoms with Gasteiger partial charge in [-0.3, -0.25) is 0 Å². The van der Waals surface area contributed by atoms with Crippen molar-refractivity contribution in [1.82, 2.24) is 0 Å². The lowest BCUT2D eigenvalue weighted by Gasteiger charge is -1.89. The minimum absolute atomic E-state index is 0.244. The number of nitrogens with zero attached hydrogens (tertiary/aromatic N) is 2. The minimum atomic E-state index is -0.994. The number of rotatable bonds is 1. The van der Waals surface area contributed by atoms with E-state index in [-0.39, 0.29) is 5.02 Å². The summed E-state index contributed by atoms with van der Waals surface area (Å²) in [5.41, 5.74) is 0. The standard InChI is InChI=1S/C3H6N2O4/c1-8-3(6)4-5(7)9-2/h1-2H3/b5-4+. The Bertz CT molecular complexity index is 132. The summed E-state index contributed by atoms with van der Waals surface area (Å²) in [5, 5.41) is 12.5. The summed E-state index contributed by atoms with van der Waals surface area (Å²) in [6, 6.07) is 0. The molecule has 6 heteroatoms. The van der Waals surface area contributed by atoms with Crippen LogP contribution in [0, 0.1) is 5.21 Å². The van der Waals surface area contributed by atoms with Gasteiger partial charge in [-0.05, 0) is 0 Å². The second-order valence-corrected chi connectivity index (χ2v) is 0.990. The molecule has 9 heavy (non-hydrogen) atoms. The van der Waals surface area contributed by atoms with Crippen LogP contribution in [-0.4, -0.2) is 25.3 Å². The fourth-order valence-corrected chi connectivity index (χ4v) is 0.148. The van der Waals surface area contributed by atoms with Gasteiger partial charge in [0, 0.05) is 7.11 Å². The monoisotopic (exact) mass is 134 g/mol. The molecular formula is C3H6N2O4. The first-order valence-electron chi connectivity index (χ1n) is 2.01. The van der Waals surface area contributed by atoms with Gasteiger partial charge in [0.1, 0.15) is 5.11 Å². The Morgan fingerprint density at radius 2 is 2.22 bits per heavy atom. The molecule has 6 nitrogen and oxygen atoms in total. The lowest BCUT2D eigenvalue weighted by molar-refractivity contribution is -0.779. The Morgan fingerprint density at radius 1 is 1.67 bits per heavy atom. The number of hydrogen-bond acceptors (Lipinski definition) is 4. The average Bonchev–Trinajstić information content (AvgIpc) is 1.87. The smallest absolute Gasteiger partial charge is 0.447 e. The molecule has 0 aromatic carbocycles.